The van der Waals surface area contributed by atoms with E-state index in [1.165, 1.54) is 27.9 Å². The van der Waals surface area contributed by atoms with Gasteiger partial charge in [-0.25, -0.2) is 0 Å². The van der Waals surface area contributed by atoms with Crippen LogP contribution in [0.25, 0.3) is 0 Å². The van der Waals surface area contributed by atoms with Crippen molar-refractivity contribution in [2.24, 2.45) is 0 Å². The predicted molar refractivity (Wildman–Crippen MR) is 94.5 cm³/mol. The monoisotopic (exact) mass is 312 g/mol. The van der Waals surface area contributed by atoms with Gasteiger partial charge in [0.25, 0.3) is 0 Å². The Hall–Kier alpha value is 0.1000. The maximum Gasteiger partial charge on any atom is 0.0541 e. The lowest BCUT2D eigenvalue weighted by molar-refractivity contribution is 1.30. The van der Waals surface area contributed by atoms with Gasteiger partial charge in [-0.3, -0.25) is 0 Å². The van der Waals surface area contributed by atoms with E-state index in [0.717, 1.165) is 15.3 Å². The van der Waals surface area contributed by atoms with E-state index in [2.05, 4.69) is 53.0 Å². The summed E-state index contributed by atoms with van der Waals surface area (Å²) in [7, 11) is 0. The third kappa shape index (κ3) is 1.89. The first-order chi connectivity index (χ1) is 8.29. The second-order valence-corrected chi connectivity index (χ2v) is 6.86. The first kappa shape index (κ1) is 14.5. The lowest BCUT2D eigenvalue weighted by Gasteiger charge is -2.10. The molecule has 0 amide bonds. The summed E-state index contributed by atoms with van der Waals surface area (Å²) in [5.41, 5.74) is 7.49. The highest BCUT2D eigenvalue weighted by atomic mass is 32.1. The Morgan fingerprint density at radius 2 is 1.00 bits per heavy atom. The Morgan fingerprint density at radius 1 is 0.667 bits per heavy atom. The van der Waals surface area contributed by atoms with Crippen molar-refractivity contribution in [2.75, 3.05) is 0 Å². The second-order valence-electron chi connectivity index (χ2n) is 4.87. The van der Waals surface area contributed by atoms with Crippen LogP contribution in [0.3, 0.4) is 0 Å². The zero-order chi connectivity index (χ0) is 13.8. The van der Waals surface area contributed by atoms with E-state index >= 15 is 0 Å². The summed E-state index contributed by atoms with van der Waals surface area (Å²) in [6.45, 7) is 8.59. The molecule has 18 heavy (non-hydrogen) atoms. The van der Waals surface area contributed by atoms with Crippen LogP contribution in [0.2, 0.25) is 0 Å². The fourth-order valence-corrected chi connectivity index (χ4v) is 4.06. The predicted octanol–water partition coefficient (Wildman–Crippen LogP) is 4.32. The largest absolute Gasteiger partial charge is 0.169 e. The average Bonchev–Trinajstić information content (AvgIpc) is 2.64. The van der Waals surface area contributed by atoms with Gasteiger partial charge >= 0.3 is 0 Å². The molecule has 0 heterocycles. The highest BCUT2D eigenvalue weighted by molar-refractivity contribution is 7.92. The van der Waals surface area contributed by atoms with Crippen molar-refractivity contribution in [2.45, 2.75) is 38.2 Å². The molecule has 0 N–H and O–H groups in total. The summed E-state index contributed by atoms with van der Waals surface area (Å²) in [6, 6.07) is 0. The Morgan fingerprint density at radius 3 is 1.33 bits per heavy atom. The molecule has 2 aliphatic rings. The van der Waals surface area contributed by atoms with Crippen molar-refractivity contribution in [1.29, 1.82) is 0 Å². The molecule has 4 heteroatoms. The zero-order valence-electron chi connectivity index (χ0n) is 10.9. The van der Waals surface area contributed by atoms with Gasteiger partial charge < -0.3 is 0 Å². The minimum absolute atomic E-state index is 0.0415. The zero-order valence-corrected chi connectivity index (χ0v) is 14.3. The van der Waals surface area contributed by atoms with Crippen molar-refractivity contribution in [3.8, 4) is 0 Å². The van der Waals surface area contributed by atoms with Gasteiger partial charge in [0.15, 0.2) is 0 Å². The molecule has 2 atom stereocenters. The topological polar surface area (TPSA) is 0 Å². The van der Waals surface area contributed by atoms with Gasteiger partial charge in [0, 0.05) is 15.3 Å². The van der Waals surface area contributed by atoms with Crippen LogP contribution < -0.4 is 0 Å². The molecule has 0 aliphatic heterocycles. The maximum atomic E-state index is 5.52. The van der Waals surface area contributed by atoms with Gasteiger partial charge in [-0.05, 0) is 55.6 Å². The molecule has 96 valence electrons. The number of hydrogen-bond acceptors (Lipinski definition) is 4. The summed E-state index contributed by atoms with van der Waals surface area (Å²) < 4.78 is 0. The highest BCUT2D eigenvalue weighted by Gasteiger charge is 2.39. The third-order valence-electron chi connectivity index (χ3n) is 4.02. The van der Waals surface area contributed by atoms with Crippen molar-refractivity contribution in [3.05, 3.63) is 33.4 Å². The lowest BCUT2D eigenvalue weighted by atomic mass is 9.97. The van der Waals surface area contributed by atoms with Crippen LogP contribution in [0, 0.1) is 0 Å². The van der Waals surface area contributed by atoms with E-state index in [9.17, 15) is 0 Å². The second kappa shape index (κ2) is 4.89. The van der Waals surface area contributed by atoms with Crippen molar-refractivity contribution >= 4 is 59.4 Å². The summed E-state index contributed by atoms with van der Waals surface area (Å²) in [6.07, 6.45) is 0. The molecule has 0 nitrogen and oxygen atoms in total. The summed E-state index contributed by atoms with van der Waals surface area (Å²) in [4.78, 5) is 1.69. The van der Waals surface area contributed by atoms with Crippen molar-refractivity contribution < 1.29 is 0 Å². The van der Waals surface area contributed by atoms with Crippen molar-refractivity contribution in [1.82, 2.24) is 0 Å². The Balaban J connectivity index is 2.72. The SMILES string of the molecule is CC1=C(C)C(=C2C(=S)C(S)C(S)C2=S)C(C)=C1C. The average molecular weight is 313 g/mol. The molecule has 0 saturated heterocycles. The Bertz CT molecular complexity index is 512. The lowest BCUT2D eigenvalue weighted by Crippen LogP contribution is -2.15. The van der Waals surface area contributed by atoms with E-state index in [-0.39, 0.29) is 10.5 Å². The Kier molecular flexibility index (Phi) is 3.94. The smallest absolute Gasteiger partial charge is 0.0541 e. The first-order valence-electron chi connectivity index (χ1n) is 5.84. The molecular weight excluding hydrogens is 296 g/mol. The molecule has 1 saturated carbocycles. The van der Waals surface area contributed by atoms with Crippen LogP contribution >= 0.6 is 49.7 Å². The third-order valence-corrected chi connectivity index (χ3v) is 6.63. The first-order valence-corrected chi connectivity index (χ1v) is 7.68. The molecule has 1 fully saturated rings. The van der Waals surface area contributed by atoms with Crippen LogP contribution in [-0.4, -0.2) is 20.2 Å². The van der Waals surface area contributed by atoms with Crippen LogP contribution in [0.15, 0.2) is 33.4 Å². The van der Waals surface area contributed by atoms with Gasteiger partial charge in [0.05, 0.1) is 10.5 Å². The van der Waals surface area contributed by atoms with Gasteiger partial charge in [0.1, 0.15) is 0 Å². The molecule has 0 aromatic rings. The molecule has 0 spiro atoms. The molecule has 0 bridgehead atoms. The quantitative estimate of drug-likeness (QED) is 0.388. The van der Waals surface area contributed by atoms with E-state index in [1.54, 1.807) is 0 Å². The minimum atomic E-state index is -0.0415. The molecule has 0 radical (unpaired) electrons. The van der Waals surface area contributed by atoms with Gasteiger partial charge in [0.2, 0.25) is 0 Å². The van der Waals surface area contributed by atoms with Gasteiger partial charge in [-0.1, -0.05) is 24.4 Å². The van der Waals surface area contributed by atoms with E-state index in [1.807, 2.05) is 0 Å². The van der Waals surface area contributed by atoms with Crippen molar-refractivity contribution in [3.63, 3.8) is 0 Å². The maximum absolute atomic E-state index is 5.52. The van der Waals surface area contributed by atoms with Crippen LogP contribution in [-0.2, 0) is 0 Å². The standard InChI is InChI=1S/C14H16S4/c1-5-6(2)8(4)9(7(5)3)10-11(15)13(17)14(18)12(10)16/h13-14,17-18H,1-4H3. The normalized spacial score (nSPS) is 29.2. The number of thiol groups is 2. The molecule has 2 aliphatic carbocycles. The van der Waals surface area contributed by atoms with Crippen LogP contribution in [0.5, 0.6) is 0 Å². The fourth-order valence-electron chi connectivity index (χ4n) is 2.54. The van der Waals surface area contributed by atoms with Gasteiger partial charge in [-0.15, -0.1) is 0 Å². The number of thiocarbonyl (C=S) groups is 2. The molecule has 0 aromatic carbocycles. The highest BCUT2D eigenvalue weighted by Crippen LogP contribution is 2.42. The summed E-state index contributed by atoms with van der Waals surface area (Å²) >= 11 is 20.1. The summed E-state index contributed by atoms with van der Waals surface area (Å²) in [5.74, 6) is 0. The molecule has 2 rings (SSSR count). The molecule has 2 unspecified atom stereocenters. The van der Waals surface area contributed by atoms with Gasteiger partial charge in [-0.2, -0.15) is 25.3 Å². The van der Waals surface area contributed by atoms with Crippen LogP contribution in [0.4, 0.5) is 0 Å². The number of hydrogen-bond donors (Lipinski definition) is 2. The minimum Gasteiger partial charge on any atom is -0.169 e. The summed E-state index contributed by atoms with van der Waals surface area (Å²) in [5, 5.41) is -0.0831. The van der Waals surface area contributed by atoms with E-state index < -0.39 is 0 Å². The molecule has 0 aromatic heterocycles. The van der Waals surface area contributed by atoms with E-state index in [4.69, 9.17) is 24.4 Å². The number of rotatable bonds is 0. The van der Waals surface area contributed by atoms with E-state index in [0.29, 0.717) is 0 Å². The Labute approximate surface area is 130 Å². The van der Waals surface area contributed by atoms with Crippen LogP contribution in [0.1, 0.15) is 27.7 Å². The molecular formula is C14H16S4. The number of allylic oxidation sites excluding steroid dienone is 6. The fraction of sp³-hybridized carbons (Fsp3) is 0.429.